The Balaban J connectivity index is 1.83. The first-order valence-corrected chi connectivity index (χ1v) is 14.2. The van der Waals surface area contributed by atoms with Gasteiger partial charge in [0.2, 0.25) is 0 Å². The molecule has 4 rings (SSSR count). The van der Waals surface area contributed by atoms with Crippen molar-refractivity contribution in [3.63, 3.8) is 0 Å². The SMILES string of the molecule is CCN(CC)C(=O)NC(=NC(=NC1=NC(=NCc2ccccc2)C(C)(C)C1(C)C)c1ccccc1)c1ccccc1. The van der Waals surface area contributed by atoms with Gasteiger partial charge in [-0.25, -0.2) is 19.8 Å². The van der Waals surface area contributed by atoms with Crippen LogP contribution in [0.4, 0.5) is 4.79 Å². The van der Waals surface area contributed by atoms with Gasteiger partial charge in [0.25, 0.3) is 0 Å². The molecule has 1 heterocycles. The first-order valence-electron chi connectivity index (χ1n) is 14.2. The standard InChI is InChI=1S/C34H40N6O/c1-7-40(8-2)32(41)38-29(27-22-16-11-17-23-27)36-28(26-20-14-10-15-21-26)37-31-34(5,6)33(3,4)30(39-31)35-24-25-18-12-9-13-19-25/h9-23H,7-8,24H2,1-6H3,(H,35,36,37,38,39,41). The zero-order valence-corrected chi connectivity index (χ0v) is 24.9. The second-order valence-electron chi connectivity index (χ2n) is 11.0. The molecule has 0 aromatic heterocycles. The van der Waals surface area contributed by atoms with E-state index in [1.807, 2.05) is 92.7 Å². The van der Waals surface area contributed by atoms with Crippen LogP contribution in [0.3, 0.4) is 0 Å². The summed E-state index contributed by atoms with van der Waals surface area (Å²) in [6.07, 6.45) is 0. The van der Waals surface area contributed by atoms with E-state index in [0.717, 1.165) is 22.5 Å². The summed E-state index contributed by atoms with van der Waals surface area (Å²) < 4.78 is 0. The largest absolute Gasteiger partial charge is 0.325 e. The van der Waals surface area contributed by atoms with Gasteiger partial charge in [-0.3, -0.25) is 10.3 Å². The maximum atomic E-state index is 13.1. The third-order valence-corrected chi connectivity index (χ3v) is 7.93. The highest BCUT2D eigenvalue weighted by molar-refractivity contribution is 6.20. The molecule has 2 amide bonds. The minimum atomic E-state index is -0.421. The minimum absolute atomic E-state index is 0.208. The highest BCUT2D eigenvalue weighted by Gasteiger charge is 2.50. The van der Waals surface area contributed by atoms with E-state index in [2.05, 4.69) is 45.1 Å². The predicted octanol–water partition coefficient (Wildman–Crippen LogP) is 6.99. The molecule has 0 saturated heterocycles. The van der Waals surface area contributed by atoms with E-state index in [9.17, 15) is 4.79 Å². The van der Waals surface area contributed by atoms with Gasteiger partial charge in [-0.15, -0.1) is 0 Å². The number of benzene rings is 3. The van der Waals surface area contributed by atoms with Crippen molar-refractivity contribution < 1.29 is 4.79 Å². The Kier molecular flexibility index (Phi) is 9.28. The fraction of sp³-hybridized carbons (Fsp3) is 0.324. The maximum absolute atomic E-state index is 13.1. The van der Waals surface area contributed by atoms with Crippen LogP contribution in [0.15, 0.2) is 111 Å². The van der Waals surface area contributed by atoms with Crippen LogP contribution in [0, 0.1) is 10.8 Å². The summed E-state index contributed by atoms with van der Waals surface area (Å²) >= 11 is 0. The van der Waals surface area contributed by atoms with E-state index < -0.39 is 5.41 Å². The van der Waals surface area contributed by atoms with Gasteiger partial charge in [-0.05, 0) is 19.4 Å². The number of hydrogen-bond acceptors (Lipinski definition) is 3. The number of urea groups is 1. The topological polar surface area (TPSA) is 81.8 Å². The van der Waals surface area contributed by atoms with Crippen LogP contribution in [0.5, 0.6) is 0 Å². The van der Waals surface area contributed by atoms with Crippen LogP contribution in [0.25, 0.3) is 0 Å². The van der Waals surface area contributed by atoms with E-state index in [-0.39, 0.29) is 11.4 Å². The van der Waals surface area contributed by atoms with E-state index in [4.69, 9.17) is 20.0 Å². The molecular weight excluding hydrogens is 508 g/mol. The van der Waals surface area contributed by atoms with Crippen LogP contribution in [0.2, 0.25) is 0 Å². The maximum Gasteiger partial charge on any atom is 0.323 e. The number of carbonyl (C=O) groups excluding carboxylic acids is 1. The second-order valence-corrected chi connectivity index (χ2v) is 11.0. The molecule has 3 aromatic rings. The summed E-state index contributed by atoms with van der Waals surface area (Å²) in [5.74, 6) is 2.31. The van der Waals surface area contributed by atoms with Crippen molar-refractivity contribution in [2.75, 3.05) is 13.1 Å². The Hall–Kier alpha value is -4.39. The lowest BCUT2D eigenvalue weighted by atomic mass is 9.68. The number of amidine groups is 4. The Labute approximate surface area is 243 Å². The third-order valence-electron chi connectivity index (χ3n) is 7.93. The lowest BCUT2D eigenvalue weighted by Gasteiger charge is -2.34. The molecule has 7 heteroatoms. The van der Waals surface area contributed by atoms with Crippen molar-refractivity contribution in [3.8, 4) is 0 Å². The third kappa shape index (κ3) is 6.68. The Morgan fingerprint density at radius 3 is 1.88 bits per heavy atom. The normalized spacial score (nSPS) is 17.3. The van der Waals surface area contributed by atoms with E-state index in [1.165, 1.54) is 0 Å². The molecule has 0 fully saturated rings. The smallest absolute Gasteiger partial charge is 0.323 e. The van der Waals surface area contributed by atoms with Crippen molar-refractivity contribution in [2.45, 2.75) is 48.1 Å². The first kappa shape index (κ1) is 29.6. The van der Waals surface area contributed by atoms with Gasteiger partial charge in [0.05, 0.1) is 6.54 Å². The van der Waals surface area contributed by atoms with Gasteiger partial charge in [0.15, 0.2) is 5.84 Å². The Bertz CT molecular complexity index is 1450. The number of nitrogens with one attached hydrogen (secondary N) is 1. The van der Waals surface area contributed by atoms with Gasteiger partial charge >= 0.3 is 6.03 Å². The summed E-state index contributed by atoms with van der Waals surface area (Å²) in [6.45, 7) is 14.3. The molecule has 1 aliphatic heterocycles. The molecule has 3 aromatic carbocycles. The first-order chi connectivity index (χ1) is 19.7. The summed E-state index contributed by atoms with van der Waals surface area (Å²) in [7, 11) is 0. The highest BCUT2D eigenvalue weighted by atomic mass is 16.2. The van der Waals surface area contributed by atoms with Crippen molar-refractivity contribution in [1.29, 1.82) is 0 Å². The highest BCUT2D eigenvalue weighted by Crippen LogP contribution is 2.46. The average Bonchev–Trinajstić information content (AvgIpc) is 3.15. The molecule has 0 saturated carbocycles. The van der Waals surface area contributed by atoms with Crippen molar-refractivity contribution in [1.82, 2.24) is 10.2 Å². The van der Waals surface area contributed by atoms with Gasteiger partial charge in [0.1, 0.15) is 17.5 Å². The lowest BCUT2D eigenvalue weighted by molar-refractivity contribution is 0.208. The summed E-state index contributed by atoms with van der Waals surface area (Å²) in [6, 6.07) is 29.4. The number of nitrogens with zero attached hydrogens (tertiary/aromatic N) is 5. The second kappa shape index (κ2) is 12.9. The lowest BCUT2D eigenvalue weighted by Crippen LogP contribution is -2.43. The quantitative estimate of drug-likeness (QED) is 0.261. The molecule has 212 valence electrons. The number of hydrogen-bond donors (Lipinski definition) is 1. The predicted molar refractivity (Wildman–Crippen MR) is 170 cm³/mol. The fourth-order valence-electron chi connectivity index (χ4n) is 4.49. The minimum Gasteiger partial charge on any atom is -0.325 e. The number of aliphatic imine (C=N–C) groups is 4. The summed E-state index contributed by atoms with van der Waals surface area (Å²) in [4.78, 5) is 34.8. The van der Waals surface area contributed by atoms with Gasteiger partial charge in [-0.2, -0.15) is 0 Å². The van der Waals surface area contributed by atoms with Crippen LogP contribution in [0.1, 0.15) is 58.2 Å². The van der Waals surface area contributed by atoms with Gasteiger partial charge in [0, 0.05) is 35.0 Å². The van der Waals surface area contributed by atoms with E-state index in [1.54, 1.807) is 4.90 Å². The summed E-state index contributed by atoms with van der Waals surface area (Å²) in [5, 5.41) is 3.04. The van der Waals surface area contributed by atoms with E-state index >= 15 is 0 Å². The Morgan fingerprint density at radius 2 is 1.32 bits per heavy atom. The number of amides is 2. The zero-order valence-electron chi connectivity index (χ0n) is 24.9. The summed E-state index contributed by atoms with van der Waals surface area (Å²) in [5.41, 5.74) is 1.96. The van der Waals surface area contributed by atoms with Crippen molar-refractivity contribution in [3.05, 3.63) is 108 Å². The molecular formula is C34H40N6O. The molecule has 0 unspecified atom stereocenters. The average molecular weight is 549 g/mol. The zero-order chi connectivity index (χ0) is 29.5. The van der Waals surface area contributed by atoms with Crippen LogP contribution in [-0.2, 0) is 6.54 Å². The molecule has 7 nitrogen and oxygen atoms in total. The van der Waals surface area contributed by atoms with Gasteiger partial charge in [-0.1, -0.05) is 119 Å². The molecule has 1 aliphatic rings. The molecule has 1 N–H and O–H groups in total. The van der Waals surface area contributed by atoms with Crippen molar-refractivity contribution >= 4 is 29.4 Å². The molecule has 0 bridgehead atoms. The van der Waals surface area contributed by atoms with Crippen molar-refractivity contribution in [2.24, 2.45) is 30.8 Å². The fourth-order valence-corrected chi connectivity index (χ4v) is 4.49. The van der Waals surface area contributed by atoms with Gasteiger partial charge < -0.3 is 4.90 Å². The molecule has 0 spiro atoms. The molecule has 41 heavy (non-hydrogen) atoms. The van der Waals surface area contributed by atoms with Crippen LogP contribution >= 0.6 is 0 Å². The number of rotatable bonds is 6. The van der Waals surface area contributed by atoms with Crippen LogP contribution < -0.4 is 5.32 Å². The Morgan fingerprint density at radius 1 is 0.780 bits per heavy atom. The molecule has 0 atom stereocenters. The van der Waals surface area contributed by atoms with Crippen LogP contribution in [-0.4, -0.2) is 47.4 Å². The number of carbonyl (C=O) groups is 1. The van der Waals surface area contributed by atoms with E-state index in [0.29, 0.717) is 37.1 Å². The molecule has 0 radical (unpaired) electrons. The molecule has 0 aliphatic carbocycles. The monoisotopic (exact) mass is 548 g/mol.